The minimum absolute atomic E-state index is 0. The van der Waals surface area contributed by atoms with Gasteiger partial charge in [-0.25, -0.2) is 4.68 Å². The van der Waals surface area contributed by atoms with Crippen LogP contribution in [-0.2, 0) is 20.2 Å². The summed E-state index contributed by atoms with van der Waals surface area (Å²) in [5.41, 5.74) is 2.07. The number of aryl methyl sites for hydroxylation is 1. The van der Waals surface area contributed by atoms with Gasteiger partial charge in [0.15, 0.2) is 0 Å². The molecule has 1 heterocycles. The Morgan fingerprint density at radius 3 is 2.57 bits per heavy atom. The van der Waals surface area contributed by atoms with Gasteiger partial charge in [0.2, 0.25) is 5.16 Å². The van der Waals surface area contributed by atoms with Crippen molar-refractivity contribution in [3.63, 3.8) is 0 Å². The first kappa shape index (κ1) is 22.8. The van der Waals surface area contributed by atoms with E-state index >= 15 is 0 Å². The number of benzene rings is 2. The van der Waals surface area contributed by atoms with Crippen LogP contribution in [0.5, 0.6) is 5.75 Å². The molecule has 0 aliphatic carbocycles. The molecule has 0 fully saturated rings. The molecule has 0 radical (unpaired) electrons. The number of rotatable bonds is 9. The zero-order valence-corrected chi connectivity index (χ0v) is 18.3. The number of hydrogen-bond donors (Lipinski definition) is 1. The molecule has 2 aromatic carbocycles. The van der Waals surface area contributed by atoms with Crippen LogP contribution in [0.15, 0.2) is 47.6 Å². The Labute approximate surface area is 184 Å². The van der Waals surface area contributed by atoms with Gasteiger partial charge in [-0.15, -0.1) is 17.5 Å². The summed E-state index contributed by atoms with van der Waals surface area (Å²) in [7, 11) is 1.83. The van der Waals surface area contributed by atoms with Gasteiger partial charge in [-0.2, -0.15) is 0 Å². The molecule has 0 bridgehead atoms. The van der Waals surface area contributed by atoms with Gasteiger partial charge in [-0.05, 0) is 46.3 Å². The summed E-state index contributed by atoms with van der Waals surface area (Å²) in [6.07, 6.45) is 0. The molecule has 28 heavy (non-hydrogen) atoms. The third-order valence-corrected chi connectivity index (χ3v) is 5.24. The number of halogens is 3. The van der Waals surface area contributed by atoms with Crippen LogP contribution in [-0.4, -0.2) is 32.5 Å². The maximum Gasteiger partial charge on any atom is 0.209 e. The van der Waals surface area contributed by atoms with Crippen molar-refractivity contribution in [2.24, 2.45) is 7.05 Å². The number of nitrogens with one attached hydrogen (secondary N) is 1. The third-order valence-electron chi connectivity index (χ3n) is 3.74. The predicted molar refractivity (Wildman–Crippen MR) is 116 cm³/mol. The quantitative estimate of drug-likeness (QED) is 0.377. The Kier molecular flexibility index (Phi) is 9.34. The fourth-order valence-corrected chi connectivity index (χ4v) is 3.42. The van der Waals surface area contributed by atoms with Gasteiger partial charge >= 0.3 is 0 Å². The molecule has 10 heteroatoms. The van der Waals surface area contributed by atoms with E-state index in [0.717, 1.165) is 34.3 Å². The second-order valence-electron chi connectivity index (χ2n) is 5.78. The first-order valence-electron chi connectivity index (χ1n) is 8.33. The van der Waals surface area contributed by atoms with Crippen LogP contribution in [0, 0.1) is 0 Å². The van der Waals surface area contributed by atoms with Crippen LogP contribution in [0.4, 0.5) is 0 Å². The standard InChI is InChI=1S/C18H19Cl2N5OS.ClH/c1-25-18(22-23-24-25)27-9-8-21-11-14-10-16(20)6-7-17(14)26-12-13-2-4-15(19)5-3-13;/h2-7,10,21H,8-9,11-12H2,1H3;1H. The molecule has 3 aromatic rings. The first-order valence-corrected chi connectivity index (χ1v) is 10.1. The Bertz CT molecular complexity index is 876. The van der Waals surface area contributed by atoms with Crippen molar-refractivity contribution in [3.05, 3.63) is 63.6 Å². The maximum absolute atomic E-state index is 6.15. The summed E-state index contributed by atoms with van der Waals surface area (Å²) in [5.74, 6) is 1.67. The van der Waals surface area contributed by atoms with Crippen LogP contribution in [0.25, 0.3) is 0 Å². The second kappa shape index (κ2) is 11.5. The lowest BCUT2D eigenvalue weighted by atomic mass is 10.2. The maximum atomic E-state index is 6.15. The van der Waals surface area contributed by atoms with Crippen molar-refractivity contribution >= 4 is 47.4 Å². The molecule has 6 nitrogen and oxygen atoms in total. The van der Waals surface area contributed by atoms with Gasteiger partial charge in [0.25, 0.3) is 0 Å². The van der Waals surface area contributed by atoms with Crippen molar-refractivity contribution in [3.8, 4) is 5.75 Å². The second-order valence-corrected chi connectivity index (χ2v) is 7.71. The molecule has 150 valence electrons. The number of hydrogen-bond acceptors (Lipinski definition) is 6. The van der Waals surface area contributed by atoms with E-state index in [1.807, 2.05) is 49.5 Å². The van der Waals surface area contributed by atoms with Crippen molar-refractivity contribution in [1.82, 2.24) is 25.5 Å². The van der Waals surface area contributed by atoms with E-state index < -0.39 is 0 Å². The van der Waals surface area contributed by atoms with Crippen molar-refractivity contribution in [1.29, 1.82) is 0 Å². The molecule has 0 amide bonds. The molecule has 0 saturated carbocycles. The summed E-state index contributed by atoms with van der Waals surface area (Å²) in [4.78, 5) is 0. The summed E-state index contributed by atoms with van der Waals surface area (Å²) in [5, 5.41) is 17.0. The number of aromatic nitrogens is 4. The predicted octanol–water partition coefficient (Wildman–Crippen LogP) is 4.40. The molecule has 0 atom stereocenters. The van der Waals surface area contributed by atoms with Gasteiger partial charge in [-0.3, -0.25) is 0 Å². The normalized spacial score (nSPS) is 10.5. The fraction of sp³-hybridized carbons (Fsp3) is 0.278. The highest BCUT2D eigenvalue weighted by atomic mass is 35.5. The highest BCUT2D eigenvalue weighted by Gasteiger charge is 2.07. The Morgan fingerprint density at radius 1 is 1.11 bits per heavy atom. The SMILES string of the molecule is Cl.Cn1nnnc1SCCNCc1cc(Cl)ccc1OCc1ccc(Cl)cc1. The van der Waals surface area contributed by atoms with Crippen molar-refractivity contribution in [2.45, 2.75) is 18.3 Å². The van der Waals surface area contributed by atoms with E-state index in [4.69, 9.17) is 27.9 Å². The lowest BCUT2D eigenvalue weighted by Crippen LogP contribution is -2.17. The average Bonchev–Trinajstić information content (AvgIpc) is 3.07. The van der Waals surface area contributed by atoms with Gasteiger partial charge in [0, 0.05) is 41.5 Å². The summed E-state index contributed by atoms with van der Waals surface area (Å²) < 4.78 is 7.63. The average molecular weight is 461 g/mol. The van der Waals surface area contributed by atoms with Gasteiger partial charge in [0.05, 0.1) is 0 Å². The smallest absolute Gasteiger partial charge is 0.209 e. The van der Waals surface area contributed by atoms with E-state index in [2.05, 4.69) is 20.8 Å². The van der Waals surface area contributed by atoms with Crippen LogP contribution >= 0.6 is 47.4 Å². The first-order chi connectivity index (χ1) is 13.1. The van der Waals surface area contributed by atoms with E-state index in [1.165, 1.54) is 0 Å². The number of ether oxygens (including phenoxy) is 1. The molecule has 0 aliphatic heterocycles. The zero-order valence-electron chi connectivity index (χ0n) is 15.1. The Hall–Kier alpha value is -1.51. The van der Waals surface area contributed by atoms with Gasteiger partial charge in [-0.1, -0.05) is 47.1 Å². The monoisotopic (exact) mass is 459 g/mol. The van der Waals surface area contributed by atoms with Crippen LogP contribution < -0.4 is 10.1 Å². The summed E-state index contributed by atoms with van der Waals surface area (Å²) in [6, 6.07) is 13.3. The van der Waals surface area contributed by atoms with E-state index in [9.17, 15) is 0 Å². The summed E-state index contributed by atoms with van der Waals surface area (Å²) in [6.45, 7) is 1.94. The molecular formula is C18H20Cl3N5OS. The van der Waals surface area contributed by atoms with E-state index in [0.29, 0.717) is 23.2 Å². The topological polar surface area (TPSA) is 64.9 Å². The molecule has 1 N–H and O–H groups in total. The summed E-state index contributed by atoms with van der Waals surface area (Å²) >= 11 is 13.7. The highest BCUT2D eigenvalue weighted by Crippen LogP contribution is 2.24. The number of nitrogens with zero attached hydrogens (tertiary/aromatic N) is 4. The van der Waals surface area contributed by atoms with Gasteiger partial charge in [0.1, 0.15) is 12.4 Å². The largest absolute Gasteiger partial charge is 0.489 e. The lowest BCUT2D eigenvalue weighted by molar-refractivity contribution is 0.302. The molecule has 0 aliphatic rings. The zero-order chi connectivity index (χ0) is 19.1. The fourth-order valence-electron chi connectivity index (χ4n) is 2.35. The van der Waals surface area contributed by atoms with Crippen LogP contribution in [0.2, 0.25) is 10.0 Å². The van der Waals surface area contributed by atoms with Crippen LogP contribution in [0.1, 0.15) is 11.1 Å². The minimum Gasteiger partial charge on any atom is -0.489 e. The molecule has 0 spiro atoms. The molecule has 0 saturated heterocycles. The Morgan fingerprint density at radius 2 is 1.86 bits per heavy atom. The van der Waals surface area contributed by atoms with Crippen molar-refractivity contribution < 1.29 is 4.74 Å². The third kappa shape index (κ3) is 6.83. The molecular weight excluding hydrogens is 441 g/mol. The minimum atomic E-state index is 0. The van der Waals surface area contributed by atoms with E-state index in [-0.39, 0.29) is 12.4 Å². The van der Waals surface area contributed by atoms with Gasteiger partial charge < -0.3 is 10.1 Å². The molecule has 1 aromatic heterocycles. The van der Waals surface area contributed by atoms with Crippen LogP contribution in [0.3, 0.4) is 0 Å². The lowest BCUT2D eigenvalue weighted by Gasteiger charge is -2.13. The number of tetrazole rings is 1. The Balaban J connectivity index is 0.00000280. The molecule has 3 rings (SSSR count). The van der Waals surface area contributed by atoms with E-state index in [1.54, 1.807) is 16.4 Å². The van der Waals surface area contributed by atoms with Crippen molar-refractivity contribution in [2.75, 3.05) is 12.3 Å². The number of thioether (sulfide) groups is 1. The molecule has 0 unspecified atom stereocenters. The highest BCUT2D eigenvalue weighted by molar-refractivity contribution is 7.99.